The van der Waals surface area contributed by atoms with Gasteiger partial charge in [-0.2, -0.15) is 0 Å². The van der Waals surface area contributed by atoms with Crippen molar-refractivity contribution in [1.82, 2.24) is 0 Å². The molecular formula is C3H3S2+. The highest BCUT2D eigenvalue weighted by atomic mass is 32.9. The van der Waals surface area contributed by atoms with Crippen LogP contribution < -0.4 is 0 Å². The van der Waals surface area contributed by atoms with Gasteiger partial charge in [-0.15, -0.1) is 0 Å². The van der Waals surface area contributed by atoms with E-state index in [9.17, 15) is 0 Å². The molecule has 5 heavy (non-hydrogen) atoms. The third-order valence-electron chi connectivity index (χ3n) is 0.324. The maximum absolute atomic E-state index is 2.06. The molecule has 0 aliphatic heterocycles. The predicted octanol–water partition coefficient (Wildman–Crippen LogP) is 2.09. The Labute approximate surface area is 38.1 Å². The van der Waals surface area contributed by atoms with Crippen LogP contribution in [-0.4, -0.2) is 0 Å². The molecule has 1 heterocycles. The molecule has 0 saturated heterocycles. The third-order valence-corrected chi connectivity index (χ3v) is 1.97. The van der Waals surface area contributed by atoms with Crippen LogP contribution in [0.25, 0.3) is 0 Å². The molecule has 26 valence electrons. The summed E-state index contributed by atoms with van der Waals surface area (Å²) >= 11 is 0. The van der Waals surface area contributed by atoms with E-state index in [1.165, 1.54) is 0 Å². The van der Waals surface area contributed by atoms with Gasteiger partial charge >= 0.3 is 0 Å². The number of rotatable bonds is 0. The van der Waals surface area contributed by atoms with Gasteiger partial charge in [0.05, 0.1) is 5.38 Å². The van der Waals surface area contributed by atoms with E-state index < -0.39 is 0 Å². The molecule has 0 radical (unpaired) electrons. The lowest BCUT2D eigenvalue weighted by Crippen LogP contribution is -1.13. The lowest BCUT2D eigenvalue weighted by atomic mass is 10.8. The fraction of sp³-hybridized carbons (Fsp3) is 0. The Morgan fingerprint density at radius 1 is 1.60 bits per heavy atom. The molecule has 0 saturated carbocycles. The summed E-state index contributed by atoms with van der Waals surface area (Å²) < 4.78 is 0. The van der Waals surface area contributed by atoms with Crippen molar-refractivity contribution in [3.8, 4) is 0 Å². The van der Waals surface area contributed by atoms with Crippen LogP contribution in [0.5, 0.6) is 0 Å². The van der Waals surface area contributed by atoms with Crippen molar-refractivity contribution in [2.45, 2.75) is 0 Å². The average Bonchev–Trinajstić information content (AvgIpc) is 1.76. The minimum atomic E-state index is 1.75. The molecule has 0 aromatic carbocycles. The van der Waals surface area contributed by atoms with Gasteiger partial charge in [0, 0.05) is 6.07 Å². The molecule has 1 aromatic heterocycles. The van der Waals surface area contributed by atoms with Crippen LogP contribution >= 0.6 is 20.7 Å². The zero-order valence-electron chi connectivity index (χ0n) is 2.55. The maximum Gasteiger partial charge on any atom is 0.291 e. The first-order valence-electron chi connectivity index (χ1n) is 1.30. The highest BCUT2D eigenvalue weighted by molar-refractivity contribution is 7.67. The van der Waals surface area contributed by atoms with Crippen LogP contribution in [0.2, 0.25) is 0 Å². The van der Waals surface area contributed by atoms with Gasteiger partial charge < -0.3 is 0 Å². The minimum Gasteiger partial charge on any atom is 0.0117 e. The van der Waals surface area contributed by atoms with Crippen molar-refractivity contribution in [2.75, 3.05) is 0 Å². The van der Waals surface area contributed by atoms with Crippen LogP contribution in [0.1, 0.15) is 0 Å². The summed E-state index contributed by atoms with van der Waals surface area (Å²) in [5, 5.41) is 4.12. The smallest absolute Gasteiger partial charge is 0.0117 e. The van der Waals surface area contributed by atoms with Crippen molar-refractivity contribution >= 4 is 20.7 Å². The van der Waals surface area contributed by atoms with Crippen LogP contribution in [0, 0.1) is 0 Å². The van der Waals surface area contributed by atoms with Gasteiger partial charge in [0.25, 0.3) is 10.3 Å². The first-order valence-corrected chi connectivity index (χ1v) is 3.58. The third kappa shape index (κ3) is 0.667. The fourth-order valence-electron chi connectivity index (χ4n) is 0.160. The molecule has 0 nitrogen and oxygen atoms in total. The van der Waals surface area contributed by atoms with E-state index >= 15 is 0 Å². The quantitative estimate of drug-likeness (QED) is 0.348. The van der Waals surface area contributed by atoms with Gasteiger partial charge in [0.15, 0.2) is 10.3 Å². The predicted molar refractivity (Wildman–Crippen MR) is 26.6 cm³/mol. The van der Waals surface area contributed by atoms with Crippen molar-refractivity contribution in [3.05, 3.63) is 16.8 Å². The summed E-state index contributed by atoms with van der Waals surface area (Å²) in [6.45, 7) is 0. The number of hydrogen-bond acceptors (Lipinski definition) is 1. The second-order valence-electron chi connectivity index (χ2n) is 0.657. The maximum atomic E-state index is 2.06. The van der Waals surface area contributed by atoms with Gasteiger partial charge in [0.1, 0.15) is 0 Å². The molecular weight excluding hydrogens is 100 g/mol. The molecule has 0 unspecified atom stereocenters. The molecule has 0 N–H and O–H groups in total. The highest BCUT2D eigenvalue weighted by Gasteiger charge is 1.79. The van der Waals surface area contributed by atoms with E-state index in [2.05, 4.69) is 10.8 Å². The summed E-state index contributed by atoms with van der Waals surface area (Å²) in [7, 11) is 3.51. The lowest BCUT2D eigenvalue weighted by molar-refractivity contribution is 2.13. The minimum absolute atomic E-state index is 1.75. The molecule has 0 atom stereocenters. The van der Waals surface area contributed by atoms with Gasteiger partial charge in [-0.05, 0) is 0 Å². The molecule has 2 heteroatoms. The van der Waals surface area contributed by atoms with E-state index in [0.717, 1.165) is 0 Å². The van der Waals surface area contributed by atoms with Crippen molar-refractivity contribution in [2.24, 2.45) is 0 Å². The zero-order chi connectivity index (χ0) is 3.54. The topological polar surface area (TPSA) is 0 Å². The second kappa shape index (κ2) is 1.48. The Bertz CT molecular complexity index is 61.4. The second-order valence-corrected chi connectivity index (χ2v) is 2.74. The van der Waals surface area contributed by atoms with Crippen molar-refractivity contribution in [3.63, 3.8) is 0 Å². The molecule has 0 spiro atoms. The summed E-state index contributed by atoms with van der Waals surface area (Å²) in [6.07, 6.45) is 0. The van der Waals surface area contributed by atoms with Gasteiger partial charge in [-0.1, -0.05) is 0 Å². The monoisotopic (exact) mass is 103 g/mol. The molecule has 1 aromatic rings. The standard InChI is InChI=1S/C3H3S2/c1-2-4-5-3-1/h1-3H/q+1. The van der Waals surface area contributed by atoms with Crippen LogP contribution in [0.3, 0.4) is 0 Å². The normalized spacial score (nSPS) is 8.00. The largest absolute Gasteiger partial charge is 0.291 e. The zero-order valence-corrected chi connectivity index (χ0v) is 4.18. The van der Waals surface area contributed by atoms with E-state index in [4.69, 9.17) is 0 Å². The van der Waals surface area contributed by atoms with Crippen LogP contribution in [-0.2, 0) is 0 Å². The fourth-order valence-corrected chi connectivity index (χ4v) is 1.44. The van der Waals surface area contributed by atoms with Gasteiger partial charge in [-0.3, -0.25) is 0 Å². The Kier molecular flexibility index (Phi) is 0.960. The van der Waals surface area contributed by atoms with Gasteiger partial charge in [0.2, 0.25) is 5.38 Å². The van der Waals surface area contributed by atoms with E-state index in [1.807, 2.05) is 6.07 Å². The molecule has 0 bridgehead atoms. The molecule has 1 rings (SSSR count). The van der Waals surface area contributed by atoms with Crippen LogP contribution in [0.4, 0.5) is 0 Å². The highest BCUT2D eigenvalue weighted by Crippen LogP contribution is 2.02. The molecule has 0 amide bonds. The van der Waals surface area contributed by atoms with Crippen molar-refractivity contribution < 1.29 is 0 Å². The summed E-state index contributed by atoms with van der Waals surface area (Å²) in [5.41, 5.74) is 0. The summed E-state index contributed by atoms with van der Waals surface area (Å²) in [4.78, 5) is 0. The summed E-state index contributed by atoms with van der Waals surface area (Å²) in [6, 6.07) is 2.04. The van der Waals surface area contributed by atoms with Crippen molar-refractivity contribution in [1.29, 1.82) is 0 Å². The first kappa shape index (κ1) is 3.25. The van der Waals surface area contributed by atoms with Crippen LogP contribution in [0.15, 0.2) is 16.8 Å². The van der Waals surface area contributed by atoms with Gasteiger partial charge in [-0.25, -0.2) is 0 Å². The Balaban J connectivity index is 3.13. The molecule has 0 aliphatic carbocycles. The SMILES string of the molecule is c1cs[s+]c1. The molecule has 0 fully saturated rings. The summed E-state index contributed by atoms with van der Waals surface area (Å²) in [5.74, 6) is 0. The lowest BCUT2D eigenvalue weighted by Gasteiger charge is -1.25. The Hall–Kier alpha value is 0.0500. The van der Waals surface area contributed by atoms with E-state index in [0.29, 0.717) is 0 Å². The van der Waals surface area contributed by atoms with E-state index in [-0.39, 0.29) is 0 Å². The number of hydrogen-bond donors (Lipinski definition) is 0. The Morgan fingerprint density at radius 3 is 2.80 bits per heavy atom. The average molecular weight is 103 g/mol. The van der Waals surface area contributed by atoms with E-state index in [1.54, 1.807) is 20.7 Å². The Morgan fingerprint density at radius 2 is 2.60 bits per heavy atom. The molecule has 0 aliphatic rings. The first-order chi connectivity index (χ1) is 2.50.